The zero-order valence-electron chi connectivity index (χ0n) is 24.5. The summed E-state index contributed by atoms with van der Waals surface area (Å²) in [6.45, 7) is 19.0. The molecule has 2 amide bonds. The fraction of sp³-hybridized carbons (Fsp3) is 0.690. The molecule has 0 spiro atoms. The SMILES string of the molecule is [B][C@@H]1O[C@H](CC)C(OP(OCC[N+]#[C-])N(C(C)C)C(C)C)[C@@H]1OCCCCCCN1C(=O)c2ccccc2C1=O. The number of imide groups is 1. The highest BCUT2D eigenvalue weighted by molar-refractivity contribution is 7.44. The summed E-state index contributed by atoms with van der Waals surface area (Å²) in [6, 6.07) is 6.75. The van der Waals surface area contributed by atoms with Crippen molar-refractivity contribution >= 4 is 28.2 Å². The van der Waals surface area contributed by atoms with Crippen molar-refractivity contribution in [3.8, 4) is 0 Å². The van der Waals surface area contributed by atoms with Crippen molar-refractivity contribution in [2.24, 2.45) is 0 Å². The van der Waals surface area contributed by atoms with Gasteiger partial charge >= 0.3 is 0 Å². The van der Waals surface area contributed by atoms with Gasteiger partial charge in [-0.05, 0) is 59.1 Å². The molecule has 1 aromatic rings. The van der Waals surface area contributed by atoms with Crippen LogP contribution >= 0.6 is 8.53 Å². The summed E-state index contributed by atoms with van der Waals surface area (Å²) in [5.41, 5.74) is 0.979. The Kier molecular flexibility index (Phi) is 13.0. The minimum absolute atomic E-state index is 0.190. The maximum absolute atomic E-state index is 12.5. The fourth-order valence-corrected chi connectivity index (χ4v) is 6.94. The zero-order chi connectivity index (χ0) is 29.2. The van der Waals surface area contributed by atoms with E-state index in [4.69, 9.17) is 32.9 Å². The Bertz CT molecular complexity index is 979. The molecule has 11 heteroatoms. The average Bonchev–Trinajstić information content (AvgIpc) is 3.35. The van der Waals surface area contributed by atoms with Crippen molar-refractivity contribution < 1.29 is 28.1 Å². The van der Waals surface area contributed by atoms with Crippen LogP contribution in [0, 0.1) is 6.57 Å². The summed E-state index contributed by atoms with van der Waals surface area (Å²) in [7, 11) is 4.89. The van der Waals surface area contributed by atoms with E-state index in [2.05, 4.69) is 37.2 Å². The average molecular weight is 571 g/mol. The molecule has 2 aliphatic rings. The molecule has 2 radical (unpaired) electrons. The Morgan fingerprint density at radius 2 is 1.65 bits per heavy atom. The van der Waals surface area contributed by atoms with Gasteiger partial charge in [0.15, 0.2) is 0 Å². The molecular weight excluding hydrogens is 528 g/mol. The summed E-state index contributed by atoms with van der Waals surface area (Å²) in [4.78, 5) is 29.8. The van der Waals surface area contributed by atoms with Crippen molar-refractivity contribution in [1.82, 2.24) is 9.57 Å². The van der Waals surface area contributed by atoms with E-state index >= 15 is 0 Å². The van der Waals surface area contributed by atoms with Gasteiger partial charge in [-0.3, -0.25) is 14.5 Å². The highest BCUT2D eigenvalue weighted by Crippen LogP contribution is 2.49. The van der Waals surface area contributed by atoms with Gasteiger partial charge in [0.25, 0.3) is 20.3 Å². The maximum atomic E-state index is 12.5. The van der Waals surface area contributed by atoms with E-state index in [1.165, 1.54) is 4.90 Å². The van der Waals surface area contributed by atoms with Crippen molar-refractivity contribution in [3.63, 3.8) is 0 Å². The molecule has 40 heavy (non-hydrogen) atoms. The number of hydrogen-bond donors (Lipinski definition) is 0. The molecular formula is C29H43BN3O6P. The van der Waals surface area contributed by atoms with Gasteiger partial charge < -0.3 is 23.4 Å². The lowest BCUT2D eigenvalue weighted by Crippen LogP contribution is -2.40. The van der Waals surface area contributed by atoms with Crippen LogP contribution in [0.2, 0.25) is 0 Å². The molecule has 1 fully saturated rings. The molecule has 0 N–H and O–H groups in total. The molecule has 218 valence electrons. The lowest BCUT2D eigenvalue weighted by atomic mass is 9.92. The van der Waals surface area contributed by atoms with Gasteiger partial charge in [-0.25, -0.2) is 11.2 Å². The predicted octanol–water partition coefficient (Wildman–Crippen LogP) is 5.20. The molecule has 2 aliphatic heterocycles. The number of benzene rings is 1. The second-order valence-electron chi connectivity index (χ2n) is 10.7. The Labute approximate surface area is 242 Å². The fourth-order valence-electron chi connectivity index (χ4n) is 5.18. The normalized spacial score (nSPS) is 23.4. The van der Waals surface area contributed by atoms with Crippen LogP contribution in [0.3, 0.4) is 0 Å². The van der Waals surface area contributed by atoms with Crippen LogP contribution < -0.4 is 0 Å². The molecule has 2 heterocycles. The maximum Gasteiger partial charge on any atom is 0.261 e. The Morgan fingerprint density at radius 1 is 1.02 bits per heavy atom. The van der Waals surface area contributed by atoms with Gasteiger partial charge in [0, 0.05) is 31.2 Å². The minimum Gasteiger partial charge on any atom is -0.379 e. The molecule has 5 atom stereocenters. The highest BCUT2D eigenvalue weighted by atomic mass is 31.2. The molecule has 0 aliphatic carbocycles. The van der Waals surface area contributed by atoms with E-state index in [0.717, 1.165) is 32.1 Å². The predicted molar refractivity (Wildman–Crippen MR) is 156 cm³/mol. The number of amides is 2. The van der Waals surface area contributed by atoms with Crippen LogP contribution in [0.5, 0.6) is 0 Å². The van der Waals surface area contributed by atoms with Crippen LogP contribution in [0.15, 0.2) is 24.3 Å². The second kappa shape index (κ2) is 16.0. The van der Waals surface area contributed by atoms with E-state index in [-0.39, 0.29) is 42.7 Å². The standard InChI is InChI=1S/C29H43BN3O6P/c1-7-24-25(39-40(37-19-16-31-6)33(20(2)3)21(4)5)26(27(30)38-24)36-18-13-9-8-12-17-32-28(34)22-14-10-11-15-23(22)29(32)35/h10-11,14-15,20-21,24-27H,7-9,12-13,16-19H2,1-5H3/t24-,25?,26+,27-,40?/m1/s1. The van der Waals surface area contributed by atoms with Gasteiger partial charge in [0.05, 0.1) is 17.2 Å². The number of fused-ring (bicyclic) bond motifs is 1. The summed E-state index contributed by atoms with van der Waals surface area (Å²) in [6.07, 6.45) is 3.03. The molecule has 0 saturated carbocycles. The second-order valence-corrected chi connectivity index (χ2v) is 12.1. The number of ether oxygens (including phenoxy) is 2. The van der Waals surface area contributed by atoms with E-state index in [1.54, 1.807) is 24.3 Å². The summed E-state index contributed by atoms with van der Waals surface area (Å²) < 4.78 is 27.1. The van der Waals surface area contributed by atoms with E-state index in [1.807, 2.05) is 6.92 Å². The summed E-state index contributed by atoms with van der Waals surface area (Å²) in [5, 5.41) is 0. The number of carbonyl (C=O) groups is 2. The molecule has 0 aromatic heterocycles. The van der Waals surface area contributed by atoms with E-state index in [0.29, 0.717) is 30.9 Å². The van der Waals surface area contributed by atoms with E-state index < -0.39 is 20.6 Å². The first kappa shape index (κ1) is 32.7. The Balaban J connectivity index is 1.49. The zero-order valence-corrected chi connectivity index (χ0v) is 25.3. The minimum atomic E-state index is -1.44. The molecule has 1 aromatic carbocycles. The monoisotopic (exact) mass is 571 g/mol. The Morgan fingerprint density at radius 3 is 2.23 bits per heavy atom. The summed E-state index contributed by atoms with van der Waals surface area (Å²) in [5.74, 6) is -0.413. The molecule has 2 unspecified atom stereocenters. The van der Waals surface area contributed by atoms with Crippen molar-refractivity contribution in [3.05, 3.63) is 46.8 Å². The smallest absolute Gasteiger partial charge is 0.261 e. The lowest BCUT2D eigenvalue weighted by Gasteiger charge is -2.38. The first-order chi connectivity index (χ1) is 19.2. The highest BCUT2D eigenvalue weighted by Gasteiger charge is 2.45. The van der Waals surface area contributed by atoms with Crippen LogP contribution in [-0.4, -0.2) is 91.9 Å². The lowest BCUT2D eigenvalue weighted by molar-refractivity contribution is -0.0186. The number of rotatable bonds is 17. The quantitative estimate of drug-likeness (QED) is 0.0836. The van der Waals surface area contributed by atoms with Gasteiger partial charge in [0.2, 0.25) is 6.54 Å². The van der Waals surface area contributed by atoms with Crippen LogP contribution in [-0.2, 0) is 18.5 Å². The third-order valence-electron chi connectivity index (χ3n) is 7.08. The number of carbonyl (C=O) groups excluding carboxylic acids is 2. The molecule has 9 nitrogen and oxygen atoms in total. The van der Waals surface area contributed by atoms with Gasteiger partial charge in [0.1, 0.15) is 26.7 Å². The van der Waals surface area contributed by atoms with Crippen molar-refractivity contribution in [1.29, 1.82) is 0 Å². The van der Waals surface area contributed by atoms with Crippen LogP contribution in [0.4, 0.5) is 0 Å². The molecule has 3 rings (SSSR count). The van der Waals surface area contributed by atoms with Crippen LogP contribution in [0.25, 0.3) is 4.85 Å². The van der Waals surface area contributed by atoms with Gasteiger partial charge in [-0.1, -0.05) is 31.9 Å². The van der Waals surface area contributed by atoms with Gasteiger partial charge in [-0.2, -0.15) is 0 Å². The largest absolute Gasteiger partial charge is 0.379 e. The third kappa shape index (κ3) is 8.12. The first-order valence-corrected chi connectivity index (χ1v) is 15.5. The third-order valence-corrected chi connectivity index (χ3v) is 9.20. The first-order valence-electron chi connectivity index (χ1n) is 14.4. The van der Waals surface area contributed by atoms with Crippen molar-refractivity contribution in [2.45, 2.75) is 103 Å². The molecule has 1 saturated heterocycles. The van der Waals surface area contributed by atoms with Crippen LogP contribution in [0.1, 0.15) is 87.4 Å². The number of hydrogen-bond acceptors (Lipinski definition) is 7. The van der Waals surface area contributed by atoms with Gasteiger partial charge in [-0.15, -0.1) is 0 Å². The van der Waals surface area contributed by atoms with Crippen molar-refractivity contribution in [2.75, 3.05) is 26.3 Å². The number of nitrogens with zero attached hydrogens (tertiary/aromatic N) is 3. The van der Waals surface area contributed by atoms with E-state index in [9.17, 15) is 9.59 Å². The number of unbranched alkanes of at least 4 members (excludes halogenated alkanes) is 3. The Hall–Kier alpha value is -1.86. The topological polar surface area (TPSA) is 81.9 Å². The summed E-state index contributed by atoms with van der Waals surface area (Å²) >= 11 is 0. The molecule has 0 bridgehead atoms.